The largest absolute Gasteiger partial charge is 0.379 e. The summed E-state index contributed by atoms with van der Waals surface area (Å²) in [5.41, 5.74) is 0. The molecule has 0 aromatic carbocycles. The Bertz CT molecular complexity index is 298. The Hall–Kier alpha value is -0.420. The molecule has 0 atom stereocenters. The van der Waals surface area contributed by atoms with E-state index < -0.39 is 0 Å². The van der Waals surface area contributed by atoms with E-state index in [-0.39, 0.29) is 5.91 Å². The van der Waals surface area contributed by atoms with Gasteiger partial charge in [0.15, 0.2) is 0 Å². The van der Waals surface area contributed by atoms with Gasteiger partial charge in [0.1, 0.15) is 0 Å². The molecule has 0 rings (SSSR count). The van der Waals surface area contributed by atoms with Crippen molar-refractivity contribution in [2.75, 3.05) is 97.8 Å². The Morgan fingerprint density at radius 2 is 1.08 bits per heavy atom. The summed E-state index contributed by atoms with van der Waals surface area (Å²) in [4.78, 5) is 11.2. The summed E-state index contributed by atoms with van der Waals surface area (Å²) in [6, 6.07) is 0. The molecule has 1 amide bonds. The molecule has 0 heterocycles. The van der Waals surface area contributed by atoms with Crippen molar-refractivity contribution in [3.8, 4) is 0 Å². The second-order valence-electron chi connectivity index (χ2n) is 5.04. The van der Waals surface area contributed by atoms with E-state index in [0.29, 0.717) is 91.6 Å². The molecule has 0 aromatic heterocycles. The lowest BCUT2D eigenvalue weighted by molar-refractivity contribution is -0.118. The first-order valence-electron chi connectivity index (χ1n) is 9.03. The van der Waals surface area contributed by atoms with Crippen LogP contribution in [0.1, 0.15) is 6.92 Å². The van der Waals surface area contributed by atoms with Crippen LogP contribution in [0.25, 0.3) is 0 Å². The summed E-state index contributed by atoms with van der Waals surface area (Å²) in [5.74, 6) is 0.517. The fourth-order valence-corrected chi connectivity index (χ4v) is 2.05. The summed E-state index contributed by atoms with van der Waals surface area (Å²) in [5, 5.41) is 2.77. The van der Waals surface area contributed by atoms with Crippen LogP contribution in [-0.4, -0.2) is 104 Å². The standard InChI is InChI=1S/C17H35NO7S/c1-3-20-6-7-22-10-11-24-14-15-25-13-12-23-9-8-21-5-4-18-17(19)16-26-2/h3-16H2,1-2H3,(H,18,19). The van der Waals surface area contributed by atoms with Crippen LogP contribution >= 0.6 is 11.8 Å². The summed E-state index contributed by atoms with van der Waals surface area (Å²) in [6.45, 7) is 9.18. The van der Waals surface area contributed by atoms with Gasteiger partial charge in [-0.05, 0) is 13.2 Å². The molecule has 26 heavy (non-hydrogen) atoms. The molecule has 0 aromatic rings. The lowest BCUT2D eigenvalue weighted by Gasteiger charge is -2.08. The van der Waals surface area contributed by atoms with Gasteiger partial charge in [-0.2, -0.15) is 11.8 Å². The first kappa shape index (κ1) is 25.6. The lowest BCUT2D eigenvalue weighted by Crippen LogP contribution is -2.29. The minimum Gasteiger partial charge on any atom is -0.379 e. The van der Waals surface area contributed by atoms with E-state index in [9.17, 15) is 4.79 Å². The molecule has 1 N–H and O–H groups in total. The van der Waals surface area contributed by atoms with E-state index in [1.807, 2.05) is 13.2 Å². The number of carbonyl (C=O) groups excluding carboxylic acids is 1. The number of rotatable bonds is 21. The average Bonchev–Trinajstić information content (AvgIpc) is 2.64. The number of hydrogen-bond acceptors (Lipinski definition) is 8. The van der Waals surface area contributed by atoms with Crippen LogP contribution < -0.4 is 5.32 Å². The van der Waals surface area contributed by atoms with E-state index in [1.54, 1.807) is 0 Å². The van der Waals surface area contributed by atoms with E-state index in [2.05, 4.69) is 5.32 Å². The highest BCUT2D eigenvalue weighted by molar-refractivity contribution is 7.99. The minimum absolute atomic E-state index is 0.0348. The molecule has 0 saturated heterocycles. The molecule has 0 fully saturated rings. The molecule has 8 nitrogen and oxygen atoms in total. The number of ether oxygens (including phenoxy) is 6. The molecule has 0 radical (unpaired) electrons. The van der Waals surface area contributed by atoms with Gasteiger partial charge in [-0.1, -0.05) is 0 Å². The third-order valence-corrected chi connectivity index (χ3v) is 3.46. The molecule has 0 aliphatic heterocycles. The van der Waals surface area contributed by atoms with Crippen molar-refractivity contribution >= 4 is 17.7 Å². The molecular weight excluding hydrogens is 362 g/mol. The van der Waals surface area contributed by atoms with E-state index >= 15 is 0 Å². The van der Waals surface area contributed by atoms with Gasteiger partial charge >= 0.3 is 0 Å². The SMILES string of the molecule is CCOCCOCCOCCOCCOCCOCCNC(=O)CSC. The molecule has 0 unspecified atom stereocenters. The van der Waals surface area contributed by atoms with Gasteiger partial charge in [-0.3, -0.25) is 4.79 Å². The predicted molar refractivity (Wildman–Crippen MR) is 102 cm³/mol. The van der Waals surface area contributed by atoms with Gasteiger partial charge in [0.25, 0.3) is 0 Å². The highest BCUT2D eigenvalue weighted by Crippen LogP contribution is 1.89. The Morgan fingerprint density at radius 3 is 1.46 bits per heavy atom. The fourth-order valence-electron chi connectivity index (χ4n) is 1.69. The van der Waals surface area contributed by atoms with Crippen molar-refractivity contribution in [1.82, 2.24) is 5.32 Å². The van der Waals surface area contributed by atoms with E-state index in [4.69, 9.17) is 28.4 Å². The molecule has 0 bridgehead atoms. The Kier molecular flexibility index (Phi) is 22.3. The van der Waals surface area contributed by atoms with Crippen molar-refractivity contribution < 1.29 is 33.2 Å². The predicted octanol–water partition coefficient (Wildman–Crippen LogP) is 0.585. The van der Waals surface area contributed by atoms with E-state index in [0.717, 1.165) is 0 Å². The normalized spacial score (nSPS) is 11.0. The number of carbonyl (C=O) groups is 1. The van der Waals surface area contributed by atoms with Gasteiger partial charge in [-0.25, -0.2) is 0 Å². The highest BCUT2D eigenvalue weighted by atomic mass is 32.2. The molecule has 0 aliphatic carbocycles. The zero-order valence-corrected chi connectivity index (χ0v) is 17.0. The summed E-state index contributed by atoms with van der Waals surface area (Å²) in [6.07, 6.45) is 1.89. The average molecular weight is 398 g/mol. The van der Waals surface area contributed by atoms with Gasteiger partial charge in [0.05, 0.1) is 78.4 Å². The number of nitrogens with one attached hydrogen (secondary N) is 1. The van der Waals surface area contributed by atoms with Crippen molar-refractivity contribution in [1.29, 1.82) is 0 Å². The van der Waals surface area contributed by atoms with Crippen LogP contribution in [-0.2, 0) is 33.2 Å². The quantitative estimate of drug-likeness (QED) is 0.282. The van der Waals surface area contributed by atoms with Gasteiger partial charge < -0.3 is 33.7 Å². The van der Waals surface area contributed by atoms with Crippen molar-refractivity contribution in [2.24, 2.45) is 0 Å². The molecule has 0 aliphatic rings. The second-order valence-corrected chi connectivity index (χ2v) is 5.91. The van der Waals surface area contributed by atoms with Gasteiger partial charge in [0, 0.05) is 13.2 Å². The summed E-state index contributed by atoms with van der Waals surface area (Å²) < 4.78 is 32.0. The first-order valence-corrected chi connectivity index (χ1v) is 10.4. The number of amides is 1. The lowest BCUT2D eigenvalue weighted by atomic mass is 10.6. The monoisotopic (exact) mass is 397 g/mol. The summed E-state index contributed by atoms with van der Waals surface area (Å²) >= 11 is 1.50. The smallest absolute Gasteiger partial charge is 0.230 e. The highest BCUT2D eigenvalue weighted by Gasteiger charge is 1.98. The second kappa shape index (κ2) is 22.6. The minimum atomic E-state index is 0.0348. The fraction of sp³-hybridized carbons (Fsp3) is 0.941. The number of hydrogen-bond donors (Lipinski definition) is 1. The van der Waals surface area contributed by atoms with Crippen molar-refractivity contribution in [2.45, 2.75) is 6.92 Å². The van der Waals surface area contributed by atoms with Crippen LogP contribution in [0.2, 0.25) is 0 Å². The molecule has 0 saturated carbocycles. The molecule has 156 valence electrons. The maximum Gasteiger partial charge on any atom is 0.230 e. The third kappa shape index (κ3) is 21.6. The zero-order valence-electron chi connectivity index (χ0n) is 16.2. The number of thioether (sulfide) groups is 1. The van der Waals surface area contributed by atoms with Crippen LogP contribution in [0, 0.1) is 0 Å². The van der Waals surface area contributed by atoms with Crippen molar-refractivity contribution in [3.63, 3.8) is 0 Å². The van der Waals surface area contributed by atoms with Crippen LogP contribution in [0.3, 0.4) is 0 Å². The van der Waals surface area contributed by atoms with Crippen LogP contribution in [0.15, 0.2) is 0 Å². The molecule has 0 spiro atoms. The topological polar surface area (TPSA) is 84.5 Å². The maximum absolute atomic E-state index is 11.2. The summed E-state index contributed by atoms with van der Waals surface area (Å²) in [7, 11) is 0. The van der Waals surface area contributed by atoms with Gasteiger partial charge in [0.2, 0.25) is 5.91 Å². The molecular formula is C17H35NO7S. The van der Waals surface area contributed by atoms with Crippen LogP contribution in [0.5, 0.6) is 0 Å². The van der Waals surface area contributed by atoms with E-state index in [1.165, 1.54) is 11.8 Å². The first-order chi connectivity index (χ1) is 12.8. The van der Waals surface area contributed by atoms with Gasteiger partial charge in [-0.15, -0.1) is 0 Å². The van der Waals surface area contributed by atoms with Crippen molar-refractivity contribution in [3.05, 3.63) is 0 Å². The Morgan fingerprint density at radius 1 is 0.692 bits per heavy atom. The zero-order chi connectivity index (χ0) is 19.1. The Balaban J connectivity index is 3.02. The van der Waals surface area contributed by atoms with Crippen LogP contribution in [0.4, 0.5) is 0 Å². The third-order valence-electron chi connectivity index (χ3n) is 2.91. The maximum atomic E-state index is 11.2. The Labute approximate surface area is 161 Å². The molecule has 9 heteroatoms.